The van der Waals surface area contributed by atoms with Crippen molar-refractivity contribution < 1.29 is 0 Å². The molecule has 0 nitrogen and oxygen atoms in total. The molecule has 0 N–H and O–H groups in total. The summed E-state index contributed by atoms with van der Waals surface area (Å²) in [4.78, 5) is 0. The molecule has 2 saturated carbocycles. The van der Waals surface area contributed by atoms with Crippen LogP contribution in [-0.2, 0) is 0 Å². The molecule has 0 saturated heterocycles. The molecule has 0 aromatic heterocycles. The standard InChI is InChI=1S/C16H30/c1-12-7-8-16(6)13(2)14(3,4)9-10-15(16,5)11-12/h12-13H,7-11H2,1-6H3/t12-,13-,15-,16+/m0/s1. The van der Waals surface area contributed by atoms with E-state index in [4.69, 9.17) is 0 Å². The second-order valence-electron chi connectivity index (χ2n) is 8.04. The first-order valence-corrected chi connectivity index (χ1v) is 7.21. The predicted molar refractivity (Wildman–Crippen MR) is 71.4 cm³/mol. The molecular formula is C16H30. The van der Waals surface area contributed by atoms with E-state index in [0.717, 1.165) is 11.8 Å². The first-order valence-electron chi connectivity index (χ1n) is 7.21. The van der Waals surface area contributed by atoms with Crippen LogP contribution in [0.2, 0.25) is 0 Å². The van der Waals surface area contributed by atoms with E-state index >= 15 is 0 Å². The molecule has 0 heterocycles. The zero-order valence-corrected chi connectivity index (χ0v) is 12.2. The third-order valence-corrected chi connectivity index (χ3v) is 6.78. The lowest BCUT2D eigenvalue weighted by Crippen LogP contribution is -2.54. The van der Waals surface area contributed by atoms with Crippen LogP contribution in [0.4, 0.5) is 0 Å². The Morgan fingerprint density at radius 2 is 1.50 bits per heavy atom. The molecule has 0 radical (unpaired) electrons. The molecule has 16 heavy (non-hydrogen) atoms. The fraction of sp³-hybridized carbons (Fsp3) is 1.00. The van der Waals surface area contributed by atoms with Crippen LogP contribution in [0.15, 0.2) is 0 Å². The first-order chi connectivity index (χ1) is 7.21. The fourth-order valence-corrected chi connectivity index (χ4v) is 4.76. The highest BCUT2D eigenvalue weighted by Gasteiger charge is 2.57. The van der Waals surface area contributed by atoms with Gasteiger partial charge in [-0.15, -0.1) is 0 Å². The van der Waals surface area contributed by atoms with Gasteiger partial charge in [-0.2, -0.15) is 0 Å². The molecule has 0 aromatic rings. The summed E-state index contributed by atoms with van der Waals surface area (Å²) in [6.07, 6.45) is 7.24. The minimum atomic E-state index is 0.550. The molecule has 94 valence electrons. The Balaban J connectivity index is 2.34. The highest BCUT2D eigenvalue weighted by atomic mass is 14.6. The minimum absolute atomic E-state index is 0.550. The van der Waals surface area contributed by atoms with E-state index in [9.17, 15) is 0 Å². The zero-order chi connectivity index (χ0) is 12.2. The van der Waals surface area contributed by atoms with Crippen molar-refractivity contribution in [2.24, 2.45) is 28.1 Å². The fourth-order valence-electron chi connectivity index (χ4n) is 4.76. The van der Waals surface area contributed by atoms with Crippen molar-refractivity contribution >= 4 is 0 Å². The molecule has 4 atom stereocenters. The molecule has 0 aliphatic heterocycles. The van der Waals surface area contributed by atoms with Crippen LogP contribution in [0.1, 0.15) is 73.6 Å². The van der Waals surface area contributed by atoms with E-state index in [-0.39, 0.29) is 0 Å². The van der Waals surface area contributed by atoms with Gasteiger partial charge in [0.15, 0.2) is 0 Å². The third-order valence-electron chi connectivity index (χ3n) is 6.78. The van der Waals surface area contributed by atoms with Crippen LogP contribution in [0.25, 0.3) is 0 Å². The van der Waals surface area contributed by atoms with Crippen LogP contribution in [-0.4, -0.2) is 0 Å². The highest BCUT2D eigenvalue weighted by molar-refractivity contribution is 5.06. The van der Waals surface area contributed by atoms with Crippen LogP contribution >= 0.6 is 0 Å². The Morgan fingerprint density at radius 1 is 0.875 bits per heavy atom. The van der Waals surface area contributed by atoms with Crippen molar-refractivity contribution in [3.8, 4) is 0 Å². The summed E-state index contributed by atoms with van der Waals surface area (Å²) in [6, 6.07) is 0. The van der Waals surface area contributed by atoms with Gasteiger partial charge >= 0.3 is 0 Å². The van der Waals surface area contributed by atoms with E-state index in [1.165, 1.54) is 32.1 Å². The molecule has 0 aromatic carbocycles. The molecule has 0 spiro atoms. The number of hydrogen-bond acceptors (Lipinski definition) is 0. The summed E-state index contributed by atoms with van der Waals surface area (Å²) >= 11 is 0. The first kappa shape index (κ1) is 12.5. The van der Waals surface area contributed by atoms with E-state index in [2.05, 4.69) is 41.5 Å². The van der Waals surface area contributed by atoms with E-state index < -0.39 is 0 Å². The third kappa shape index (κ3) is 1.56. The Morgan fingerprint density at radius 3 is 2.12 bits per heavy atom. The Hall–Kier alpha value is 0. The van der Waals surface area contributed by atoms with Gasteiger partial charge in [-0.25, -0.2) is 0 Å². The molecule has 0 amide bonds. The molecule has 2 aliphatic rings. The maximum Gasteiger partial charge on any atom is -0.0241 e. The maximum atomic E-state index is 2.59. The van der Waals surface area contributed by atoms with Gasteiger partial charge in [0.25, 0.3) is 0 Å². The quantitative estimate of drug-likeness (QED) is 0.523. The Kier molecular flexibility index (Phi) is 2.72. The summed E-state index contributed by atoms with van der Waals surface area (Å²) < 4.78 is 0. The summed E-state index contributed by atoms with van der Waals surface area (Å²) in [6.45, 7) is 15.1. The van der Waals surface area contributed by atoms with Gasteiger partial charge in [-0.05, 0) is 53.8 Å². The Bertz CT molecular complexity index is 278. The normalized spacial score (nSPS) is 52.1. The van der Waals surface area contributed by atoms with Crippen LogP contribution in [0.5, 0.6) is 0 Å². The number of rotatable bonds is 0. The molecule has 2 rings (SSSR count). The monoisotopic (exact) mass is 222 g/mol. The largest absolute Gasteiger partial charge is 0.0625 e. The van der Waals surface area contributed by atoms with Crippen LogP contribution in [0, 0.1) is 28.1 Å². The van der Waals surface area contributed by atoms with Gasteiger partial charge in [0.05, 0.1) is 0 Å². The van der Waals surface area contributed by atoms with Gasteiger partial charge in [0.2, 0.25) is 0 Å². The van der Waals surface area contributed by atoms with E-state index in [1.807, 2.05) is 0 Å². The number of fused-ring (bicyclic) bond motifs is 1. The SMILES string of the molecule is C[C@H]1CC[C@]2(C)[C@@H](C)C(C)(C)CC[C@@]2(C)C1. The zero-order valence-electron chi connectivity index (χ0n) is 12.2. The predicted octanol–water partition coefficient (Wildman–Crippen LogP) is 5.28. The number of hydrogen-bond donors (Lipinski definition) is 0. The van der Waals surface area contributed by atoms with Crippen molar-refractivity contribution in [2.75, 3.05) is 0 Å². The van der Waals surface area contributed by atoms with Gasteiger partial charge in [0.1, 0.15) is 0 Å². The van der Waals surface area contributed by atoms with Crippen molar-refractivity contribution in [3.05, 3.63) is 0 Å². The van der Waals surface area contributed by atoms with Crippen molar-refractivity contribution in [1.82, 2.24) is 0 Å². The average molecular weight is 222 g/mol. The topological polar surface area (TPSA) is 0 Å². The second-order valence-corrected chi connectivity index (χ2v) is 8.04. The van der Waals surface area contributed by atoms with Gasteiger partial charge in [0, 0.05) is 0 Å². The van der Waals surface area contributed by atoms with Gasteiger partial charge in [-0.3, -0.25) is 0 Å². The summed E-state index contributed by atoms with van der Waals surface area (Å²) in [7, 11) is 0. The van der Waals surface area contributed by atoms with Crippen LogP contribution < -0.4 is 0 Å². The van der Waals surface area contributed by atoms with Crippen molar-refractivity contribution in [3.63, 3.8) is 0 Å². The van der Waals surface area contributed by atoms with Crippen molar-refractivity contribution in [1.29, 1.82) is 0 Å². The van der Waals surface area contributed by atoms with Crippen molar-refractivity contribution in [2.45, 2.75) is 73.6 Å². The molecule has 2 fully saturated rings. The molecular weight excluding hydrogens is 192 g/mol. The van der Waals surface area contributed by atoms with E-state index in [0.29, 0.717) is 16.2 Å². The smallest absolute Gasteiger partial charge is 0.0241 e. The molecule has 2 aliphatic carbocycles. The summed E-state index contributed by atoms with van der Waals surface area (Å²) in [5.74, 6) is 1.82. The summed E-state index contributed by atoms with van der Waals surface area (Å²) in [5.41, 5.74) is 1.75. The summed E-state index contributed by atoms with van der Waals surface area (Å²) in [5, 5.41) is 0. The lowest BCUT2D eigenvalue weighted by Gasteiger charge is -2.63. The minimum Gasteiger partial charge on any atom is -0.0625 e. The average Bonchev–Trinajstić information content (AvgIpc) is 2.19. The molecule has 0 bridgehead atoms. The highest BCUT2D eigenvalue weighted by Crippen LogP contribution is 2.66. The van der Waals surface area contributed by atoms with E-state index in [1.54, 1.807) is 0 Å². The molecule has 0 heteroatoms. The second kappa shape index (κ2) is 3.50. The lowest BCUT2D eigenvalue weighted by atomic mass is 9.42. The Labute approximate surface area is 102 Å². The maximum absolute atomic E-state index is 2.59. The van der Waals surface area contributed by atoms with Crippen LogP contribution in [0.3, 0.4) is 0 Å². The van der Waals surface area contributed by atoms with Gasteiger partial charge in [-0.1, -0.05) is 48.0 Å². The lowest BCUT2D eigenvalue weighted by molar-refractivity contribution is -0.133. The molecule has 0 unspecified atom stereocenters. The van der Waals surface area contributed by atoms with Gasteiger partial charge < -0.3 is 0 Å².